The van der Waals surface area contributed by atoms with Gasteiger partial charge in [-0.25, -0.2) is 18.7 Å². The van der Waals surface area contributed by atoms with E-state index in [9.17, 15) is 14.3 Å². The number of hydrogen-bond acceptors (Lipinski definition) is 9. The van der Waals surface area contributed by atoms with Gasteiger partial charge in [-0.05, 0) is 61.2 Å². The average molecular weight is 556 g/mol. The molecule has 2 heterocycles. The summed E-state index contributed by atoms with van der Waals surface area (Å²) in [4.78, 5) is 23.3. The molecule has 0 spiro atoms. The molecule has 1 aliphatic rings. The number of rotatable bonds is 11. The minimum Gasteiger partial charge on any atom is -0.378 e. The van der Waals surface area contributed by atoms with E-state index < -0.39 is 17.9 Å². The number of carbonyl (C=O) groups excluding carboxylic acids is 1. The molecule has 1 atom stereocenters. The second-order valence-corrected chi connectivity index (χ2v) is 10.2. The lowest BCUT2D eigenvalue weighted by Gasteiger charge is -2.34. The van der Waals surface area contributed by atoms with E-state index in [0.717, 1.165) is 38.8 Å². The van der Waals surface area contributed by atoms with Crippen LogP contribution in [-0.2, 0) is 4.79 Å². The van der Waals surface area contributed by atoms with E-state index in [1.807, 2.05) is 13.8 Å². The molecule has 2 aromatic carbocycles. The number of nitrogens with one attached hydrogen (secondary N) is 3. The highest BCUT2D eigenvalue weighted by Gasteiger charge is 2.24. The molecule has 3 aromatic rings. The van der Waals surface area contributed by atoms with Crippen LogP contribution in [0.5, 0.6) is 0 Å². The van der Waals surface area contributed by atoms with Crippen molar-refractivity contribution < 1.29 is 18.7 Å². The van der Waals surface area contributed by atoms with E-state index >= 15 is 4.39 Å². The first kappa shape index (κ1) is 31.0. The molecule has 0 aliphatic carbocycles. The molecule has 1 aromatic heterocycles. The minimum atomic E-state index is -0.515. The van der Waals surface area contributed by atoms with Crippen molar-refractivity contribution in [3.63, 3.8) is 0 Å². The first-order valence-corrected chi connectivity index (χ1v) is 13.4. The highest BCUT2D eigenvalue weighted by Crippen LogP contribution is 2.35. The number of halogens is 2. The third kappa shape index (κ3) is 7.56. The highest BCUT2D eigenvalue weighted by molar-refractivity contribution is 5.99. The number of carbonyl (C=O) groups is 1. The zero-order chi connectivity index (χ0) is 29.2. The van der Waals surface area contributed by atoms with Gasteiger partial charge in [0.2, 0.25) is 0 Å². The predicted octanol–water partition coefficient (Wildman–Crippen LogP) is 3.80. The van der Waals surface area contributed by atoms with E-state index in [2.05, 4.69) is 32.2 Å². The number of fused-ring (bicyclic) bond motifs is 1. The number of aliphatic hydroxyl groups excluding tert-OH is 1. The number of piperidine rings is 1. The Balaban J connectivity index is 0.00000216. The highest BCUT2D eigenvalue weighted by atomic mass is 19.1. The Morgan fingerprint density at radius 1 is 1.20 bits per heavy atom. The van der Waals surface area contributed by atoms with Crippen molar-refractivity contribution in [2.24, 2.45) is 11.8 Å². The molecule has 11 heteroatoms. The van der Waals surface area contributed by atoms with Crippen LogP contribution < -0.4 is 20.4 Å². The summed E-state index contributed by atoms with van der Waals surface area (Å²) < 4.78 is 29.9. The van der Waals surface area contributed by atoms with Crippen molar-refractivity contribution in [2.75, 3.05) is 49.7 Å². The van der Waals surface area contributed by atoms with Crippen LogP contribution in [0.3, 0.4) is 0 Å². The SMILES string of the molecule is C=N.CC(C)C(O)NCC1CCN(c2ncnc3c(-c4ccc(N(C)CNCC=O)c(F)c4)cc(F)cc23)CC1. The van der Waals surface area contributed by atoms with Gasteiger partial charge in [-0.15, -0.1) is 0 Å². The van der Waals surface area contributed by atoms with Gasteiger partial charge in [0.15, 0.2) is 0 Å². The lowest BCUT2D eigenvalue weighted by molar-refractivity contribution is -0.107. The second kappa shape index (κ2) is 14.7. The first-order chi connectivity index (χ1) is 19.3. The smallest absolute Gasteiger partial charge is 0.147 e. The number of anilines is 2. The number of aliphatic hydroxyl groups is 1. The molecule has 40 heavy (non-hydrogen) atoms. The molecular weight excluding hydrogens is 516 g/mol. The van der Waals surface area contributed by atoms with E-state index in [4.69, 9.17) is 5.41 Å². The maximum Gasteiger partial charge on any atom is 0.147 e. The number of benzene rings is 2. The number of aromatic nitrogens is 2. The normalized spacial score (nSPS) is 14.6. The zero-order valence-electron chi connectivity index (χ0n) is 23.3. The zero-order valence-corrected chi connectivity index (χ0v) is 23.3. The van der Waals surface area contributed by atoms with E-state index in [1.165, 1.54) is 24.5 Å². The van der Waals surface area contributed by atoms with Crippen LogP contribution >= 0.6 is 0 Å². The maximum atomic E-state index is 15.1. The fourth-order valence-corrected chi connectivity index (χ4v) is 4.82. The average Bonchev–Trinajstić information content (AvgIpc) is 2.96. The van der Waals surface area contributed by atoms with Gasteiger partial charge in [-0.3, -0.25) is 10.6 Å². The van der Waals surface area contributed by atoms with Gasteiger partial charge in [-0.2, -0.15) is 0 Å². The van der Waals surface area contributed by atoms with Crippen molar-refractivity contribution in [1.82, 2.24) is 20.6 Å². The van der Waals surface area contributed by atoms with Crippen LogP contribution in [0.25, 0.3) is 22.0 Å². The standard InChI is InChI=1S/C28H36F2N6O2.CH3N/c1-18(2)28(38)32-15-19-6-9-36(10-7-19)27-23-14-21(29)13-22(26(23)33-16-34-27)20-4-5-25(24(30)12-20)35(3)17-31-8-11-37;1-2/h4-5,11-14,16,18-19,28,31-32,38H,6-10,15,17H2,1-3H3;2H,1H2. The van der Waals surface area contributed by atoms with Gasteiger partial charge in [-0.1, -0.05) is 19.9 Å². The minimum absolute atomic E-state index is 0.155. The quantitative estimate of drug-likeness (QED) is 0.122. The summed E-state index contributed by atoms with van der Waals surface area (Å²) in [6, 6.07) is 7.58. The lowest BCUT2D eigenvalue weighted by Crippen LogP contribution is -2.41. The third-order valence-corrected chi connectivity index (χ3v) is 7.09. The van der Waals surface area contributed by atoms with Crippen LogP contribution in [-0.4, -0.2) is 74.2 Å². The van der Waals surface area contributed by atoms with Crippen LogP contribution in [0, 0.1) is 28.9 Å². The van der Waals surface area contributed by atoms with Gasteiger partial charge < -0.3 is 25.1 Å². The summed E-state index contributed by atoms with van der Waals surface area (Å²) >= 11 is 0. The number of aldehydes is 1. The lowest BCUT2D eigenvalue weighted by atomic mass is 9.95. The summed E-state index contributed by atoms with van der Waals surface area (Å²) in [5.41, 5.74) is 1.94. The van der Waals surface area contributed by atoms with Crippen LogP contribution in [0.4, 0.5) is 20.3 Å². The van der Waals surface area contributed by atoms with Crippen LogP contribution in [0.1, 0.15) is 26.7 Å². The fourth-order valence-electron chi connectivity index (χ4n) is 4.82. The van der Waals surface area contributed by atoms with Crippen molar-refractivity contribution >= 4 is 35.4 Å². The maximum absolute atomic E-state index is 15.1. The van der Waals surface area contributed by atoms with Crippen molar-refractivity contribution in [3.8, 4) is 11.1 Å². The third-order valence-electron chi connectivity index (χ3n) is 7.09. The molecule has 4 N–H and O–H groups in total. The number of hydrogen-bond donors (Lipinski definition) is 4. The Bertz CT molecular complexity index is 1270. The second-order valence-electron chi connectivity index (χ2n) is 10.2. The molecule has 216 valence electrons. The Hall–Kier alpha value is -3.54. The van der Waals surface area contributed by atoms with E-state index in [-0.39, 0.29) is 12.5 Å². The topological polar surface area (TPSA) is 117 Å². The van der Waals surface area contributed by atoms with E-state index in [1.54, 1.807) is 24.1 Å². The molecule has 9 nitrogen and oxygen atoms in total. The molecule has 0 radical (unpaired) electrons. The summed E-state index contributed by atoms with van der Waals surface area (Å²) in [5.74, 6) is 0.367. The summed E-state index contributed by atoms with van der Waals surface area (Å²) in [6.45, 7) is 9.21. The summed E-state index contributed by atoms with van der Waals surface area (Å²) in [7, 11) is 1.72. The largest absolute Gasteiger partial charge is 0.378 e. The summed E-state index contributed by atoms with van der Waals surface area (Å²) in [6.07, 6.45) is 3.56. The summed E-state index contributed by atoms with van der Waals surface area (Å²) in [5, 5.41) is 22.2. The molecule has 4 rings (SSSR count). The number of nitrogens with zero attached hydrogens (tertiary/aromatic N) is 4. The van der Waals surface area contributed by atoms with Gasteiger partial charge in [0.1, 0.15) is 36.3 Å². The molecular formula is C29H39F2N7O2. The van der Waals surface area contributed by atoms with Gasteiger partial charge >= 0.3 is 0 Å². The fraction of sp³-hybridized carbons (Fsp3) is 0.448. The first-order valence-electron chi connectivity index (χ1n) is 13.4. The van der Waals surface area contributed by atoms with Crippen LogP contribution in [0.15, 0.2) is 36.7 Å². The van der Waals surface area contributed by atoms with Gasteiger partial charge in [0.25, 0.3) is 0 Å². The Labute approximate surface area is 234 Å². The van der Waals surface area contributed by atoms with Crippen molar-refractivity contribution in [2.45, 2.75) is 32.9 Å². The molecule has 1 fully saturated rings. The Morgan fingerprint density at radius 2 is 1.93 bits per heavy atom. The Kier molecular flexibility index (Phi) is 11.4. The van der Waals surface area contributed by atoms with Crippen molar-refractivity contribution in [3.05, 3.63) is 48.3 Å². The van der Waals surface area contributed by atoms with Crippen LogP contribution in [0.2, 0.25) is 0 Å². The van der Waals surface area contributed by atoms with Gasteiger partial charge in [0.05, 0.1) is 24.4 Å². The van der Waals surface area contributed by atoms with E-state index in [0.29, 0.717) is 46.1 Å². The molecule has 1 saturated heterocycles. The van der Waals surface area contributed by atoms with Crippen molar-refractivity contribution in [1.29, 1.82) is 5.41 Å². The Morgan fingerprint density at radius 3 is 2.58 bits per heavy atom. The molecule has 1 unspecified atom stereocenters. The van der Waals surface area contributed by atoms with Gasteiger partial charge in [0, 0.05) is 37.6 Å². The molecule has 0 bridgehead atoms. The molecule has 0 saturated carbocycles. The molecule has 0 amide bonds. The monoisotopic (exact) mass is 555 g/mol. The molecule has 1 aliphatic heterocycles. The predicted molar refractivity (Wildman–Crippen MR) is 156 cm³/mol.